The van der Waals surface area contributed by atoms with E-state index < -0.39 is 0 Å². The van der Waals surface area contributed by atoms with Crippen LogP contribution in [0.1, 0.15) is 44.1 Å². The van der Waals surface area contributed by atoms with Gasteiger partial charge in [0, 0.05) is 0 Å². The second-order valence-electron chi connectivity index (χ2n) is 7.78. The normalized spacial score (nSPS) is 16.3. The fourth-order valence-corrected chi connectivity index (χ4v) is 7.18. The van der Waals surface area contributed by atoms with Gasteiger partial charge in [-0.25, -0.2) is 0 Å². The molecule has 0 amide bonds. The molecule has 1 heteroatoms. The van der Waals surface area contributed by atoms with Crippen LogP contribution in [-0.2, 0) is 5.41 Å². The Hall–Kier alpha value is -1.91. The van der Waals surface area contributed by atoms with Crippen molar-refractivity contribution in [3.8, 4) is 0 Å². The predicted molar refractivity (Wildman–Crippen MR) is 120 cm³/mol. The molecule has 3 aromatic carbocycles. The molecule has 0 bridgehead atoms. The van der Waals surface area contributed by atoms with Crippen molar-refractivity contribution in [2.24, 2.45) is 0 Å². The second kappa shape index (κ2) is 8.85. The van der Waals surface area contributed by atoms with Gasteiger partial charge in [-0.2, -0.15) is 0 Å². The number of hydrogen-bond donors (Lipinski definition) is 0. The van der Waals surface area contributed by atoms with Crippen LogP contribution in [0.5, 0.6) is 0 Å². The van der Waals surface area contributed by atoms with E-state index in [-0.39, 0.29) is 7.92 Å². The van der Waals surface area contributed by atoms with Gasteiger partial charge in [0.15, 0.2) is 0 Å². The number of hydrogen-bond acceptors (Lipinski definition) is 0. The molecule has 4 rings (SSSR count). The summed E-state index contributed by atoms with van der Waals surface area (Å²) < 4.78 is 0. The molecule has 0 N–H and O–H groups in total. The van der Waals surface area contributed by atoms with Crippen molar-refractivity contribution in [3.05, 3.63) is 96.6 Å². The van der Waals surface area contributed by atoms with Crippen LogP contribution in [0.2, 0.25) is 0 Å². The summed E-state index contributed by atoms with van der Waals surface area (Å²) in [6.07, 6.45) is 9.44. The van der Waals surface area contributed by atoms with Crippen LogP contribution in [-0.4, -0.2) is 6.16 Å². The van der Waals surface area contributed by atoms with Gasteiger partial charge in [0.1, 0.15) is 0 Å². The Morgan fingerprint density at radius 1 is 0.593 bits per heavy atom. The third-order valence-electron chi connectivity index (χ3n) is 6.15. The maximum absolute atomic E-state index is 2.37. The molecule has 1 aliphatic carbocycles. The average molecular weight is 372 g/mol. The van der Waals surface area contributed by atoms with E-state index in [1.807, 2.05) is 0 Å². The molecule has 0 aliphatic heterocycles. The van der Waals surface area contributed by atoms with Gasteiger partial charge in [0.2, 0.25) is 0 Å². The topological polar surface area (TPSA) is 0 Å². The summed E-state index contributed by atoms with van der Waals surface area (Å²) in [5.41, 5.74) is 1.95. The minimum Gasteiger partial charge on any atom is -0.0622 e. The lowest BCUT2D eigenvalue weighted by molar-refractivity contribution is 0.285. The quantitative estimate of drug-likeness (QED) is 0.439. The molecule has 1 aliphatic rings. The van der Waals surface area contributed by atoms with Gasteiger partial charge in [-0.05, 0) is 54.9 Å². The summed E-state index contributed by atoms with van der Waals surface area (Å²) >= 11 is 0. The molecule has 0 aromatic heterocycles. The van der Waals surface area contributed by atoms with E-state index in [2.05, 4.69) is 91.0 Å². The highest BCUT2D eigenvalue weighted by Gasteiger charge is 2.34. The summed E-state index contributed by atoms with van der Waals surface area (Å²) in [5.74, 6) is 0. The molecule has 0 spiro atoms. The Kier molecular flexibility index (Phi) is 6.05. The first-order valence-electron chi connectivity index (χ1n) is 10.3. The Balaban J connectivity index is 1.62. The molecule has 0 unspecified atom stereocenters. The molecule has 0 nitrogen and oxygen atoms in total. The van der Waals surface area contributed by atoms with E-state index in [1.54, 1.807) is 5.56 Å². The van der Waals surface area contributed by atoms with E-state index in [9.17, 15) is 0 Å². The van der Waals surface area contributed by atoms with E-state index in [0.717, 1.165) is 0 Å². The lowest BCUT2D eigenvalue weighted by Crippen LogP contribution is -2.31. The van der Waals surface area contributed by atoms with Crippen molar-refractivity contribution >= 4 is 18.5 Å². The first kappa shape index (κ1) is 18.5. The monoisotopic (exact) mass is 372 g/mol. The van der Waals surface area contributed by atoms with Gasteiger partial charge in [-0.1, -0.05) is 110 Å². The predicted octanol–water partition coefficient (Wildman–Crippen LogP) is 6.41. The Bertz CT molecular complexity index is 765. The summed E-state index contributed by atoms with van der Waals surface area (Å²) in [7, 11) is -0.298. The van der Waals surface area contributed by atoms with Crippen LogP contribution in [0, 0.1) is 0 Å². The largest absolute Gasteiger partial charge is 0.0622 e. The van der Waals surface area contributed by atoms with Crippen molar-refractivity contribution in [2.75, 3.05) is 6.16 Å². The van der Waals surface area contributed by atoms with Gasteiger partial charge >= 0.3 is 0 Å². The van der Waals surface area contributed by atoms with Crippen molar-refractivity contribution in [2.45, 2.75) is 43.9 Å². The lowest BCUT2D eigenvalue weighted by Gasteiger charge is -2.39. The SMILES string of the molecule is c1ccc(P(CCC2(c3ccccc3)CCCCC2)c2ccccc2)cc1. The zero-order chi connectivity index (χ0) is 18.4. The second-order valence-corrected chi connectivity index (χ2v) is 10.1. The standard InChI is InChI=1S/C26H29P/c1-5-13-23(14-6-1)26(19-11-4-12-20-26)21-22-27(24-15-7-2-8-16-24)25-17-9-3-10-18-25/h1-3,5-10,13-18H,4,11-12,19-22H2. The van der Waals surface area contributed by atoms with Gasteiger partial charge in [0.25, 0.3) is 0 Å². The lowest BCUT2D eigenvalue weighted by atomic mass is 9.68. The van der Waals surface area contributed by atoms with Crippen molar-refractivity contribution in [3.63, 3.8) is 0 Å². The average Bonchev–Trinajstić information content (AvgIpc) is 2.77. The minimum absolute atomic E-state index is 0.298. The fraction of sp³-hybridized carbons (Fsp3) is 0.308. The van der Waals surface area contributed by atoms with Crippen LogP contribution >= 0.6 is 7.92 Å². The molecule has 1 fully saturated rings. The zero-order valence-corrected chi connectivity index (χ0v) is 17.0. The Labute approximate surface area is 165 Å². The Morgan fingerprint density at radius 3 is 1.59 bits per heavy atom. The highest BCUT2D eigenvalue weighted by molar-refractivity contribution is 7.73. The van der Waals surface area contributed by atoms with Crippen LogP contribution in [0.4, 0.5) is 0 Å². The molecular formula is C26H29P. The molecular weight excluding hydrogens is 343 g/mol. The highest BCUT2D eigenvalue weighted by Crippen LogP contribution is 2.46. The van der Waals surface area contributed by atoms with E-state index in [1.165, 1.54) is 55.3 Å². The molecule has 3 aromatic rings. The summed E-state index contributed by atoms with van der Waals surface area (Å²) in [4.78, 5) is 0. The molecule has 138 valence electrons. The van der Waals surface area contributed by atoms with E-state index in [0.29, 0.717) is 5.41 Å². The zero-order valence-electron chi connectivity index (χ0n) is 16.1. The van der Waals surface area contributed by atoms with Gasteiger partial charge in [0.05, 0.1) is 0 Å². The molecule has 0 atom stereocenters. The van der Waals surface area contributed by atoms with Crippen molar-refractivity contribution in [1.82, 2.24) is 0 Å². The third kappa shape index (κ3) is 4.33. The van der Waals surface area contributed by atoms with Gasteiger partial charge in [-0.3, -0.25) is 0 Å². The highest BCUT2D eigenvalue weighted by atomic mass is 31.1. The van der Waals surface area contributed by atoms with Crippen LogP contribution in [0.3, 0.4) is 0 Å². The van der Waals surface area contributed by atoms with Crippen LogP contribution in [0.15, 0.2) is 91.0 Å². The molecule has 0 saturated heterocycles. The van der Waals surface area contributed by atoms with E-state index in [4.69, 9.17) is 0 Å². The van der Waals surface area contributed by atoms with Gasteiger partial charge in [-0.15, -0.1) is 0 Å². The van der Waals surface area contributed by atoms with Crippen LogP contribution < -0.4 is 10.6 Å². The minimum atomic E-state index is -0.298. The fourth-order valence-electron chi connectivity index (χ4n) is 4.65. The number of rotatable bonds is 6. The first-order chi connectivity index (χ1) is 13.4. The maximum Gasteiger partial charge on any atom is -0.00434 e. The Morgan fingerprint density at radius 2 is 1.07 bits per heavy atom. The van der Waals surface area contributed by atoms with Crippen molar-refractivity contribution < 1.29 is 0 Å². The van der Waals surface area contributed by atoms with E-state index >= 15 is 0 Å². The molecule has 0 radical (unpaired) electrons. The molecule has 0 heterocycles. The third-order valence-corrected chi connectivity index (χ3v) is 8.66. The number of benzene rings is 3. The summed E-state index contributed by atoms with van der Waals surface area (Å²) in [6.45, 7) is 0. The smallest absolute Gasteiger partial charge is 0.00434 e. The van der Waals surface area contributed by atoms with Gasteiger partial charge < -0.3 is 0 Å². The van der Waals surface area contributed by atoms with Crippen LogP contribution in [0.25, 0.3) is 0 Å². The molecule has 27 heavy (non-hydrogen) atoms. The summed E-state index contributed by atoms with van der Waals surface area (Å²) in [5, 5.41) is 3.02. The summed E-state index contributed by atoms with van der Waals surface area (Å²) in [6, 6.07) is 33.7. The first-order valence-corrected chi connectivity index (χ1v) is 11.8. The maximum atomic E-state index is 2.37. The van der Waals surface area contributed by atoms with Crippen molar-refractivity contribution in [1.29, 1.82) is 0 Å². The molecule has 1 saturated carbocycles.